The molecule has 2 aliphatic carbocycles. The molecule has 6 nitrogen and oxygen atoms in total. The number of hydrogen-bond acceptors (Lipinski definition) is 5. The highest BCUT2D eigenvalue weighted by Crippen LogP contribution is 2.36. The van der Waals surface area contributed by atoms with E-state index < -0.39 is 5.60 Å². The van der Waals surface area contributed by atoms with E-state index >= 15 is 0 Å². The summed E-state index contributed by atoms with van der Waals surface area (Å²) in [6.45, 7) is 6.55. The molecule has 2 saturated heterocycles. The van der Waals surface area contributed by atoms with E-state index in [-0.39, 0.29) is 11.4 Å². The van der Waals surface area contributed by atoms with Gasteiger partial charge < -0.3 is 20.1 Å². The van der Waals surface area contributed by atoms with Crippen LogP contribution in [0.3, 0.4) is 0 Å². The first-order valence-electron chi connectivity index (χ1n) is 10.7. The molecule has 2 saturated carbocycles. The van der Waals surface area contributed by atoms with Crippen molar-refractivity contribution in [2.45, 2.75) is 62.5 Å². The molecule has 148 valence electrons. The lowest BCUT2D eigenvalue weighted by Gasteiger charge is -2.44. The number of nitrogens with zero attached hydrogens (tertiary/aromatic N) is 2. The molecule has 1 amide bonds. The van der Waals surface area contributed by atoms with Gasteiger partial charge in [-0.3, -0.25) is 9.69 Å². The van der Waals surface area contributed by atoms with Gasteiger partial charge in [0.25, 0.3) is 5.91 Å². The zero-order valence-electron chi connectivity index (χ0n) is 16.0. The maximum atomic E-state index is 12.8. The fourth-order valence-electron chi connectivity index (χ4n) is 5.19. The Morgan fingerprint density at radius 3 is 2.46 bits per heavy atom. The summed E-state index contributed by atoms with van der Waals surface area (Å²) in [5, 5.41) is 14.5. The summed E-state index contributed by atoms with van der Waals surface area (Å²) in [7, 11) is 0. The van der Waals surface area contributed by atoms with Gasteiger partial charge in [-0.15, -0.1) is 0 Å². The van der Waals surface area contributed by atoms with E-state index in [0.29, 0.717) is 18.9 Å². The minimum atomic E-state index is -1.21. The fraction of sp³-hybridized carbons (Fsp3) is 0.950. The Balaban J connectivity index is 1.33. The minimum Gasteiger partial charge on any atom is -0.379 e. The largest absolute Gasteiger partial charge is 0.379 e. The van der Waals surface area contributed by atoms with Crippen LogP contribution in [0.15, 0.2) is 0 Å². The Morgan fingerprint density at radius 2 is 1.77 bits per heavy atom. The van der Waals surface area contributed by atoms with Gasteiger partial charge >= 0.3 is 0 Å². The number of piperidine rings is 1. The van der Waals surface area contributed by atoms with Gasteiger partial charge in [0.05, 0.1) is 13.2 Å². The van der Waals surface area contributed by atoms with Gasteiger partial charge in [-0.2, -0.15) is 0 Å². The van der Waals surface area contributed by atoms with Crippen LogP contribution in [0.5, 0.6) is 0 Å². The molecular weight excluding hydrogens is 330 g/mol. The molecule has 0 aromatic carbocycles. The summed E-state index contributed by atoms with van der Waals surface area (Å²) >= 11 is 0. The number of aliphatic hydroxyl groups is 1. The zero-order chi connectivity index (χ0) is 18.0. The molecule has 6 heteroatoms. The van der Waals surface area contributed by atoms with Crippen molar-refractivity contribution in [3.63, 3.8) is 0 Å². The van der Waals surface area contributed by atoms with E-state index in [0.717, 1.165) is 52.4 Å². The maximum absolute atomic E-state index is 12.8. The van der Waals surface area contributed by atoms with Crippen LogP contribution in [0, 0.1) is 5.92 Å². The van der Waals surface area contributed by atoms with Gasteiger partial charge in [-0.1, -0.05) is 12.8 Å². The molecular formula is C20H35N3O3. The average Bonchev–Trinajstić information content (AvgIpc) is 3.35. The topological polar surface area (TPSA) is 65.0 Å². The molecule has 4 aliphatic rings. The van der Waals surface area contributed by atoms with E-state index in [1.54, 1.807) is 0 Å². The summed E-state index contributed by atoms with van der Waals surface area (Å²) in [6, 6.07) is 0. The number of ether oxygens (including phenoxy) is 1. The predicted molar refractivity (Wildman–Crippen MR) is 99.9 cm³/mol. The highest BCUT2D eigenvalue weighted by molar-refractivity contribution is 5.86. The number of amides is 1. The maximum Gasteiger partial charge on any atom is 0.255 e. The van der Waals surface area contributed by atoms with E-state index in [9.17, 15) is 9.90 Å². The molecule has 0 aromatic rings. The molecule has 26 heavy (non-hydrogen) atoms. The molecule has 1 unspecified atom stereocenters. The fourth-order valence-corrected chi connectivity index (χ4v) is 5.19. The van der Waals surface area contributed by atoms with E-state index in [4.69, 9.17) is 4.74 Å². The van der Waals surface area contributed by atoms with Gasteiger partial charge in [-0.25, -0.2) is 0 Å². The Bertz CT molecular complexity index is 499. The van der Waals surface area contributed by atoms with Crippen LogP contribution in [0.4, 0.5) is 0 Å². The molecule has 2 N–H and O–H groups in total. The van der Waals surface area contributed by atoms with Crippen molar-refractivity contribution in [1.82, 2.24) is 15.1 Å². The minimum absolute atomic E-state index is 0.0463. The highest BCUT2D eigenvalue weighted by atomic mass is 16.5. The van der Waals surface area contributed by atoms with Crippen molar-refractivity contribution in [2.75, 3.05) is 52.5 Å². The van der Waals surface area contributed by atoms with Crippen LogP contribution in [0.25, 0.3) is 0 Å². The smallest absolute Gasteiger partial charge is 0.255 e. The second-order valence-corrected chi connectivity index (χ2v) is 8.96. The summed E-state index contributed by atoms with van der Waals surface area (Å²) in [6.07, 6.45) is 8.94. The van der Waals surface area contributed by atoms with Crippen molar-refractivity contribution < 1.29 is 14.6 Å². The summed E-state index contributed by atoms with van der Waals surface area (Å²) in [5.41, 5.74) is -1.02. The highest BCUT2D eigenvalue weighted by Gasteiger charge is 2.45. The Hall–Kier alpha value is -0.690. The zero-order valence-corrected chi connectivity index (χ0v) is 16.0. The number of nitrogens with one attached hydrogen (secondary N) is 1. The molecule has 4 fully saturated rings. The molecule has 1 atom stereocenters. The van der Waals surface area contributed by atoms with Crippen molar-refractivity contribution in [3.05, 3.63) is 0 Å². The normalized spacial score (nSPS) is 33.0. The van der Waals surface area contributed by atoms with Gasteiger partial charge in [0, 0.05) is 44.8 Å². The molecule has 2 aliphatic heterocycles. The standard InChI is InChI=1S/C20H35N3O3/c24-18-20(25,8-3-9-22(18)14-17-4-5-17)16-21-15-19(6-1-2-7-19)23-10-12-26-13-11-23/h17,21,25H,1-16H2. The predicted octanol–water partition coefficient (Wildman–Crippen LogP) is 0.985. The van der Waals surface area contributed by atoms with Gasteiger partial charge in [0.1, 0.15) is 0 Å². The van der Waals surface area contributed by atoms with Gasteiger partial charge in [0.2, 0.25) is 0 Å². The number of likely N-dealkylation sites (tertiary alicyclic amines) is 1. The molecule has 0 radical (unpaired) electrons. The van der Waals surface area contributed by atoms with E-state index in [1.165, 1.54) is 38.5 Å². The summed E-state index contributed by atoms with van der Waals surface area (Å²) < 4.78 is 5.53. The molecule has 2 heterocycles. The molecule has 0 spiro atoms. The van der Waals surface area contributed by atoms with Crippen LogP contribution < -0.4 is 5.32 Å². The average molecular weight is 366 g/mol. The third-order valence-corrected chi connectivity index (χ3v) is 6.97. The monoisotopic (exact) mass is 365 g/mol. The molecule has 0 bridgehead atoms. The van der Waals surface area contributed by atoms with Crippen molar-refractivity contribution in [3.8, 4) is 0 Å². The number of carbonyl (C=O) groups excluding carboxylic acids is 1. The molecule has 4 rings (SSSR count). The number of rotatable bonds is 7. The van der Waals surface area contributed by atoms with Crippen molar-refractivity contribution in [1.29, 1.82) is 0 Å². The third-order valence-electron chi connectivity index (χ3n) is 6.97. The van der Waals surface area contributed by atoms with Crippen molar-refractivity contribution >= 4 is 5.91 Å². The first kappa shape index (κ1) is 18.7. The lowest BCUT2D eigenvalue weighted by molar-refractivity contribution is -0.157. The first-order valence-corrected chi connectivity index (χ1v) is 10.7. The molecule has 0 aromatic heterocycles. The van der Waals surface area contributed by atoms with Crippen LogP contribution in [-0.2, 0) is 9.53 Å². The second kappa shape index (κ2) is 7.74. The lowest BCUT2D eigenvalue weighted by atomic mass is 9.90. The van der Waals surface area contributed by atoms with Gasteiger partial charge in [0.15, 0.2) is 5.60 Å². The summed E-state index contributed by atoms with van der Waals surface area (Å²) in [4.78, 5) is 17.3. The van der Waals surface area contributed by atoms with Crippen LogP contribution in [0.2, 0.25) is 0 Å². The van der Waals surface area contributed by atoms with Crippen molar-refractivity contribution in [2.24, 2.45) is 5.92 Å². The Labute approximate surface area is 157 Å². The first-order chi connectivity index (χ1) is 12.6. The quantitative estimate of drug-likeness (QED) is 0.704. The van der Waals surface area contributed by atoms with Crippen LogP contribution >= 0.6 is 0 Å². The Morgan fingerprint density at radius 1 is 1.04 bits per heavy atom. The number of carbonyl (C=O) groups is 1. The van der Waals surface area contributed by atoms with Crippen LogP contribution in [-0.4, -0.2) is 84.4 Å². The summed E-state index contributed by atoms with van der Waals surface area (Å²) in [5.74, 6) is 0.632. The number of hydrogen-bond donors (Lipinski definition) is 2. The lowest BCUT2D eigenvalue weighted by Crippen LogP contribution is -2.61. The van der Waals surface area contributed by atoms with E-state index in [2.05, 4.69) is 10.2 Å². The second-order valence-electron chi connectivity index (χ2n) is 8.96. The SMILES string of the molecule is O=C1N(CC2CC2)CCCC1(O)CNCC1(N2CCOCC2)CCCC1. The van der Waals surface area contributed by atoms with E-state index in [1.807, 2.05) is 4.90 Å². The third kappa shape index (κ3) is 3.93. The van der Waals surface area contributed by atoms with Gasteiger partial charge in [-0.05, 0) is 44.4 Å². The van der Waals surface area contributed by atoms with Crippen LogP contribution in [0.1, 0.15) is 51.4 Å². The number of morpholine rings is 1. The Kier molecular flexibility index (Phi) is 5.56.